The summed E-state index contributed by atoms with van der Waals surface area (Å²) in [4.78, 5) is 8.36. The molecule has 0 amide bonds. The molecule has 0 saturated carbocycles. The summed E-state index contributed by atoms with van der Waals surface area (Å²) in [6.07, 6.45) is 3.27. The molecule has 0 aliphatic heterocycles. The number of nitrogens with two attached hydrogens (primary N) is 1. The SMILES string of the molecule is Nc1nccnc1-c1cccc2ccsc12. The molecule has 0 spiro atoms. The zero-order chi connectivity index (χ0) is 11.0. The lowest BCUT2D eigenvalue weighted by Crippen LogP contribution is -1.95. The van der Waals surface area contributed by atoms with Crippen LogP contribution < -0.4 is 5.73 Å². The van der Waals surface area contributed by atoms with Gasteiger partial charge in [-0.2, -0.15) is 0 Å². The number of nitrogen functional groups attached to an aromatic ring is 1. The molecule has 2 N–H and O–H groups in total. The van der Waals surface area contributed by atoms with Gasteiger partial charge in [0.15, 0.2) is 0 Å². The molecule has 2 aromatic heterocycles. The average Bonchev–Trinajstić information content (AvgIpc) is 2.77. The van der Waals surface area contributed by atoms with Gasteiger partial charge in [-0.3, -0.25) is 4.98 Å². The minimum atomic E-state index is 0.475. The second-order valence-electron chi connectivity index (χ2n) is 3.43. The Balaban J connectivity index is 2.34. The van der Waals surface area contributed by atoms with Crippen LogP contribution in [0.5, 0.6) is 0 Å². The van der Waals surface area contributed by atoms with Crippen molar-refractivity contribution in [1.82, 2.24) is 9.97 Å². The van der Waals surface area contributed by atoms with Gasteiger partial charge in [-0.05, 0) is 16.8 Å². The third kappa shape index (κ3) is 1.35. The first-order chi connectivity index (χ1) is 7.86. The van der Waals surface area contributed by atoms with E-state index in [1.165, 1.54) is 10.1 Å². The monoisotopic (exact) mass is 227 g/mol. The largest absolute Gasteiger partial charge is 0.382 e. The van der Waals surface area contributed by atoms with Crippen molar-refractivity contribution in [3.8, 4) is 11.3 Å². The lowest BCUT2D eigenvalue weighted by atomic mass is 10.1. The van der Waals surface area contributed by atoms with Crippen molar-refractivity contribution in [3.05, 3.63) is 42.0 Å². The summed E-state index contributed by atoms with van der Waals surface area (Å²) in [7, 11) is 0. The van der Waals surface area contributed by atoms with Crippen LogP contribution in [0.25, 0.3) is 21.3 Å². The number of fused-ring (bicyclic) bond motifs is 1. The first-order valence-corrected chi connectivity index (χ1v) is 5.77. The summed E-state index contributed by atoms with van der Waals surface area (Å²) in [5, 5.41) is 3.29. The van der Waals surface area contributed by atoms with Crippen molar-refractivity contribution < 1.29 is 0 Å². The van der Waals surface area contributed by atoms with E-state index < -0.39 is 0 Å². The fraction of sp³-hybridized carbons (Fsp3) is 0. The number of nitrogens with zero attached hydrogens (tertiary/aromatic N) is 2. The lowest BCUT2D eigenvalue weighted by molar-refractivity contribution is 1.22. The Morgan fingerprint density at radius 1 is 1.06 bits per heavy atom. The number of aromatic nitrogens is 2. The molecular formula is C12H9N3S. The van der Waals surface area contributed by atoms with E-state index in [0.29, 0.717) is 5.82 Å². The minimum absolute atomic E-state index is 0.475. The van der Waals surface area contributed by atoms with Gasteiger partial charge in [0.1, 0.15) is 11.5 Å². The van der Waals surface area contributed by atoms with Gasteiger partial charge >= 0.3 is 0 Å². The second kappa shape index (κ2) is 3.57. The van der Waals surface area contributed by atoms with Crippen LogP contribution in [-0.2, 0) is 0 Å². The van der Waals surface area contributed by atoms with Crippen LogP contribution in [0.2, 0.25) is 0 Å². The van der Waals surface area contributed by atoms with Crippen LogP contribution in [0.4, 0.5) is 5.82 Å². The Hall–Kier alpha value is -1.94. The Kier molecular flexibility index (Phi) is 2.08. The van der Waals surface area contributed by atoms with Crippen LogP contribution in [0.15, 0.2) is 42.0 Å². The predicted octanol–water partition coefficient (Wildman–Crippen LogP) is 2.94. The molecule has 78 valence electrons. The summed E-state index contributed by atoms with van der Waals surface area (Å²) in [6.45, 7) is 0. The van der Waals surface area contributed by atoms with E-state index in [2.05, 4.69) is 27.5 Å². The van der Waals surface area contributed by atoms with Gasteiger partial charge in [-0.15, -0.1) is 11.3 Å². The van der Waals surface area contributed by atoms with E-state index in [-0.39, 0.29) is 0 Å². The second-order valence-corrected chi connectivity index (χ2v) is 4.35. The molecule has 0 saturated heterocycles. The Bertz CT molecular complexity index is 645. The fourth-order valence-electron chi connectivity index (χ4n) is 1.74. The van der Waals surface area contributed by atoms with Crippen molar-refractivity contribution in [2.24, 2.45) is 0 Å². The molecule has 0 atom stereocenters. The van der Waals surface area contributed by atoms with Gasteiger partial charge in [0.25, 0.3) is 0 Å². The molecule has 0 aliphatic rings. The highest BCUT2D eigenvalue weighted by atomic mass is 32.1. The summed E-state index contributed by atoms with van der Waals surface area (Å²) in [6, 6.07) is 8.22. The average molecular weight is 227 g/mol. The molecule has 4 heteroatoms. The molecule has 16 heavy (non-hydrogen) atoms. The number of benzene rings is 1. The highest BCUT2D eigenvalue weighted by molar-refractivity contribution is 7.17. The van der Waals surface area contributed by atoms with Crippen LogP contribution in [0, 0.1) is 0 Å². The maximum Gasteiger partial charge on any atom is 0.150 e. The normalized spacial score (nSPS) is 10.8. The molecule has 0 aliphatic carbocycles. The number of hydrogen-bond donors (Lipinski definition) is 1. The third-order valence-corrected chi connectivity index (χ3v) is 3.42. The standard InChI is InChI=1S/C12H9N3S/c13-12-10(14-5-6-15-12)9-3-1-2-8-4-7-16-11(8)9/h1-7H,(H2,13,15). The van der Waals surface area contributed by atoms with Gasteiger partial charge in [0, 0.05) is 22.7 Å². The first kappa shape index (κ1) is 9.30. The topological polar surface area (TPSA) is 51.8 Å². The number of anilines is 1. The highest BCUT2D eigenvalue weighted by Crippen LogP contribution is 2.32. The van der Waals surface area contributed by atoms with Crippen molar-refractivity contribution in [2.45, 2.75) is 0 Å². The quantitative estimate of drug-likeness (QED) is 0.695. The smallest absolute Gasteiger partial charge is 0.150 e. The van der Waals surface area contributed by atoms with E-state index in [9.17, 15) is 0 Å². The molecule has 0 unspecified atom stereocenters. The van der Waals surface area contributed by atoms with Crippen LogP contribution in [-0.4, -0.2) is 9.97 Å². The maximum absolute atomic E-state index is 5.84. The molecule has 0 radical (unpaired) electrons. The zero-order valence-electron chi connectivity index (χ0n) is 8.42. The van der Waals surface area contributed by atoms with Gasteiger partial charge in [-0.1, -0.05) is 18.2 Å². The van der Waals surface area contributed by atoms with Crippen molar-refractivity contribution in [3.63, 3.8) is 0 Å². The number of hydrogen-bond acceptors (Lipinski definition) is 4. The van der Waals surface area contributed by atoms with Gasteiger partial charge < -0.3 is 5.73 Å². The van der Waals surface area contributed by atoms with Crippen LogP contribution in [0.1, 0.15) is 0 Å². The number of thiophene rings is 1. The fourth-order valence-corrected chi connectivity index (χ4v) is 2.65. The third-order valence-electron chi connectivity index (χ3n) is 2.46. The number of rotatable bonds is 1. The van der Waals surface area contributed by atoms with Gasteiger partial charge in [0.2, 0.25) is 0 Å². The molecule has 2 heterocycles. The van der Waals surface area contributed by atoms with Crippen molar-refractivity contribution in [2.75, 3.05) is 5.73 Å². The molecular weight excluding hydrogens is 218 g/mol. The molecule has 3 nitrogen and oxygen atoms in total. The van der Waals surface area contributed by atoms with Gasteiger partial charge in [0.05, 0.1) is 0 Å². The van der Waals surface area contributed by atoms with Crippen LogP contribution >= 0.6 is 11.3 Å². The van der Waals surface area contributed by atoms with Crippen molar-refractivity contribution in [1.29, 1.82) is 0 Å². The lowest BCUT2D eigenvalue weighted by Gasteiger charge is -2.04. The summed E-state index contributed by atoms with van der Waals surface area (Å²) >= 11 is 1.69. The zero-order valence-corrected chi connectivity index (χ0v) is 9.24. The molecule has 0 fully saturated rings. The van der Waals surface area contributed by atoms with Crippen molar-refractivity contribution >= 4 is 27.2 Å². The van der Waals surface area contributed by atoms with E-state index in [0.717, 1.165) is 11.3 Å². The Labute approximate surface area is 96.6 Å². The molecule has 1 aromatic carbocycles. The summed E-state index contributed by atoms with van der Waals surface area (Å²) in [5.74, 6) is 0.475. The minimum Gasteiger partial charge on any atom is -0.382 e. The van der Waals surface area contributed by atoms with E-state index in [4.69, 9.17) is 5.73 Å². The molecule has 0 bridgehead atoms. The highest BCUT2D eigenvalue weighted by Gasteiger charge is 2.09. The molecule has 3 aromatic rings. The molecule has 3 rings (SSSR count). The van der Waals surface area contributed by atoms with Crippen LogP contribution in [0.3, 0.4) is 0 Å². The maximum atomic E-state index is 5.84. The van der Waals surface area contributed by atoms with E-state index in [1.807, 2.05) is 12.1 Å². The summed E-state index contributed by atoms with van der Waals surface area (Å²) < 4.78 is 1.20. The first-order valence-electron chi connectivity index (χ1n) is 4.89. The van der Waals surface area contributed by atoms with E-state index >= 15 is 0 Å². The Morgan fingerprint density at radius 3 is 2.81 bits per heavy atom. The Morgan fingerprint density at radius 2 is 1.94 bits per heavy atom. The van der Waals surface area contributed by atoms with E-state index in [1.54, 1.807) is 23.7 Å². The summed E-state index contributed by atoms with van der Waals surface area (Å²) in [5.41, 5.74) is 7.66. The van der Waals surface area contributed by atoms with Gasteiger partial charge in [-0.25, -0.2) is 4.98 Å². The predicted molar refractivity (Wildman–Crippen MR) is 67.3 cm³/mol.